The van der Waals surface area contributed by atoms with Gasteiger partial charge in [-0.3, -0.25) is 9.48 Å². The summed E-state index contributed by atoms with van der Waals surface area (Å²) >= 11 is 0. The second-order valence-electron chi connectivity index (χ2n) is 6.58. The fraction of sp³-hybridized carbons (Fsp3) is 0.350. The molecule has 26 heavy (non-hydrogen) atoms. The van der Waals surface area contributed by atoms with E-state index >= 15 is 0 Å². The number of carbonyl (C=O) groups is 1. The number of unbranched alkanes of at least 4 members (excludes halogenated alkanes) is 1. The van der Waals surface area contributed by atoms with Crippen LogP contribution in [0.4, 0.5) is 11.4 Å². The molecule has 0 saturated carbocycles. The average molecular weight is 351 g/mol. The highest BCUT2D eigenvalue weighted by Crippen LogP contribution is 2.20. The zero-order chi connectivity index (χ0) is 18.7. The summed E-state index contributed by atoms with van der Waals surface area (Å²) < 4.78 is 1.74. The van der Waals surface area contributed by atoms with Gasteiger partial charge in [-0.15, -0.1) is 0 Å². The first-order chi connectivity index (χ1) is 12.5. The molecule has 0 unspecified atom stereocenters. The lowest BCUT2D eigenvalue weighted by atomic mass is 10.1. The minimum absolute atomic E-state index is 0.143. The molecule has 136 valence electrons. The molecule has 1 amide bonds. The van der Waals surface area contributed by atoms with Gasteiger partial charge in [-0.25, -0.2) is 4.98 Å². The topological polar surface area (TPSA) is 63.1 Å². The van der Waals surface area contributed by atoms with E-state index in [4.69, 9.17) is 0 Å². The van der Waals surface area contributed by atoms with Crippen LogP contribution in [-0.4, -0.2) is 34.3 Å². The predicted octanol–water partition coefficient (Wildman–Crippen LogP) is 3.77. The van der Waals surface area contributed by atoms with Crippen molar-refractivity contribution in [2.24, 2.45) is 7.05 Å². The third-order valence-electron chi connectivity index (χ3n) is 4.54. The highest BCUT2D eigenvalue weighted by atomic mass is 16.1. The number of fused-ring (bicyclic) bond motifs is 1. The lowest BCUT2D eigenvalue weighted by molar-refractivity contribution is 0.102. The normalized spacial score (nSPS) is 10.9. The smallest absolute Gasteiger partial charge is 0.255 e. The maximum atomic E-state index is 12.5. The Morgan fingerprint density at radius 2 is 2.00 bits per heavy atom. The third-order valence-corrected chi connectivity index (χ3v) is 4.54. The quantitative estimate of drug-likeness (QED) is 0.734. The molecule has 1 aromatic carbocycles. The van der Waals surface area contributed by atoms with Crippen LogP contribution in [0.1, 0.15) is 35.8 Å². The number of hydrogen-bond donors (Lipinski definition) is 1. The Labute approximate surface area is 153 Å². The maximum Gasteiger partial charge on any atom is 0.255 e. The largest absolute Gasteiger partial charge is 0.375 e. The molecule has 6 heteroatoms. The number of benzene rings is 1. The van der Waals surface area contributed by atoms with Crippen molar-refractivity contribution in [2.45, 2.75) is 26.7 Å². The summed E-state index contributed by atoms with van der Waals surface area (Å²) in [6.07, 6.45) is 3.98. The van der Waals surface area contributed by atoms with Crippen molar-refractivity contribution in [1.82, 2.24) is 14.8 Å². The SMILES string of the molecule is CCCCN(C)c1ccc(C(=O)Nc2cnc3c(c2)c(C)nn3C)cc1. The maximum absolute atomic E-state index is 12.5. The number of pyridine rings is 1. The molecule has 0 atom stereocenters. The Kier molecular flexibility index (Phi) is 5.21. The van der Waals surface area contributed by atoms with Crippen LogP contribution in [0.3, 0.4) is 0 Å². The van der Waals surface area contributed by atoms with E-state index in [1.807, 2.05) is 44.3 Å². The highest BCUT2D eigenvalue weighted by Gasteiger charge is 2.11. The zero-order valence-corrected chi connectivity index (χ0v) is 15.8. The van der Waals surface area contributed by atoms with Gasteiger partial charge in [-0.05, 0) is 43.7 Å². The molecule has 0 saturated heterocycles. The van der Waals surface area contributed by atoms with Gasteiger partial charge in [-0.1, -0.05) is 13.3 Å². The number of amides is 1. The summed E-state index contributed by atoms with van der Waals surface area (Å²) in [6, 6.07) is 9.59. The van der Waals surface area contributed by atoms with Crippen LogP contribution in [-0.2, 0) is 7.05 Å². The van der Waals surface area contributed by atoms with Crippen LogP contribution < -0.4 is 10.2 Å². The standard InChI is InChI=1S/C20H25N5O/c1-5-6-11-24(3)17-9-7-15(8-10-17)20(26)22-16-12-18-14(2)23-25(4)19(18)21-13-16/h7-10,12-13H,5-6,11H2,1-4H3,(H,22,26). The van der Waals surface area contributed by atoms with Crippen molar-refractivity contribution < 1.29 is 4.79 Å². The Morgan fingerprint density at radius 3 is 2.69 bits per heavy atom. The van der Waals surface area contributed by atoms with Gasteiger partial charge in [0.1, 0.15) is 0 Å². The van der Waals surface area contributed by atoms with Gasteiger partial charge >= 0.3 is 0 Å². The lowest BCUT2D eigenvalue weighted by Gasteiger charge is -2.19. The van der Waals surface area contributed by atoms with Crippen LogP contribution in [0.2, 0.25) is 0 Å². The van der Waals surface area contributed by atoms with Crippen molar-refractivity contribution in [1.29, 1.82) is 0 Å². The fourth-order valence-electron chi connectivity index (χ4n) is 2.97. The van der Waals surface area contributed by atoms with E-state index in [2.05, 4.69) is 34.3 Å². The van der Waals surface area contributed by atoms with Gasteiger partial charge in [0.2, 0.25) is 0 Å². The Morgan fingerprint density at radius 1 is 1.27 bits per heavy atom. The molecular formula is C20H25N5O. The van der Waals surface area contributed by atoms with Crippen molar-refractivity contribution in [3.63, 3.8) is 0 Å². The van der Waals surface area contributed by atoms with E-state index in [9.17, 15) is 4.79 Å². The van der Waals surface area contributed by atoms with Crippen molar-refractivity contribution in [3.8, 4) is 0 Å². The van der Waals surface area contributed by atoms with Crippen LogP contribution in [0.25, 0.3) is 11.0 Å². The van der Waals surface area contributed by atoms with Gasteiger partial charge in [0.25, 0.3) is 5.91 Å². The molecule has 1 N–H and O–H groups in total. The second kappa shape index (κ2) is 7.56. The molecule has 0 radical (unpaired) electrons. The first kappa shape index (κ1) is 17.9. The van der Waals surface area contributed by atoms with Gasteiger partial charge in [0, 0.05) is 37.3 Å². The van der Waals surface area contributed by atoms with Crippen molar-refractivity contribution in [2.75, 3.05) is 23.8 Å². The van der Waals surface area contributed by atoms with E-state index in [1.54, 1.807) is 10.9 Å². The molecule has 2 aromatic heterocycles. The monoisotopic (exact) mass is 351 g/mol. The van der Waals surface area contributed by atoms with Crippen LogP contribution >= 0.6 is 0 Å². The average Bonchev–Trinajstić information content (AvgIpc) is 2.93. The van der Waals surface area contributed by atoms with E-state index in [0.717, 1.165) is 35.4 Å². The van der Waals surface area contributed by atoms with E-state index in [0.29, 0.717) is 11.3 Å². The first-order valence-electron chi connectivity index (χ1n) is 8.91. The number of nitrogens with zero attached hydrogens (tertiary/aromatic N) is 4. The first-order valence-corrected chi connectivity index (χ1v) is 8.91. The Hall–Kier alpha value is -2.89. The molecule has 3 rings (SSSR count). The van der Waals surface area contributed by atoms with E-state index in [-0.39, 0.29) is 5.91 Å². The molecule has 0 bridgehead atoms. The van der Waals surface area contributed by atoms with Gasteiger partial charge in [-0.2, -0.15) is 5.10 Å². The van der Waals surface area contributed by atoms with Crippen LogP contribution in [0, 0.1) is 6.92 Å². The van der Waals surface area contributed by atoms with Gasteiger partial charge < -0.3 is 10.2 Å². The highest BCUT2D eigenvalue weighted by molar-refractivity contribution is 6.05. The third kappa shape index (κ3) is 3.69. The van der Waals surface area contributed by atoms with Gasteiger partial charge in [0.05, 0.1) is 17.6 Å². The zero-order valence-electron chi connectivity index (χ0n) is 15.8. The van der Waals surface area contributed by atoms with Crippen LogP contribution in [0.15, 0.2) is 36.5 Å². The van der Waals surface area contributed by atoms with E-state index in [1.165, 1.54) is 6.42 Å². The number of aromatic nitrogens is 3. The minimum Gasteiger partial charge on any atom is -0.375 e. The number of carbonyl (C=O) groups excluding carboxylic acids is 1. The lowest BCUT2D eigenvalue weighted by Crippen LogP contribution is -2.18. The molecule has 2 heterocycles. The van der Waals surface area contributed by atoms with Crippen LogP contribution in [0.5, 0.6) is 0 Å². The molecule has 0 aliphatic carbocycles. The second-order valence-corrected chi connectivity index (χ2v) is 6.58. The number of anilines is 2. The number of aryl methyl sites for hydroxylation is 2. The molecule has 0 aliphatic heterocycles. The van der Waals surface area contributed by atoms with Gasteiger partial charge in [0.15, 0.2) is 5.65 Å². The van der Waals surface area contributed by atoms with Crippen molar-refractivity contribution in [3.05, 3.63) is 47.8 Å². The summed E-state index contributed by atoms with van der Waals surface area (Å²) in [4.78, 5) is 19.1. The molecule has 3 aromatic rings. The molecule has 6 nitrogen and oxygen atoms in total. The summed E-state index contributed by atoms with van der Waals surface area (Å²) in [7, 11) is 3.93. The number of nitrogens with one attached hydrogen (secondary N) is 1. The number of hydrogen-bond acceptors (Lipinski definition) is 4. The fourth-order valence-corrected chi connectivity index (χ4v) is 2.97. The minimum atomic E-state index is -0.143. The molecule has 0 spiro atoms. The summed E-state index contributed by atoms with van der Waals surface area (Å²) in [6.45, 7) is 5.13. The predicted molar refractivity (Wildman–Crippen MR) is 106 cm³/mol. The van der Waals surface area contributed by atoms with Crippen molar-refractivity contribution >= 4 is 28.3 Å². The molecular weight excluding hydrogens is 326 g/mol. The summed E-state index contributed by atoms with van der Waals surface area (Å²) in [5.74, 6) is -0.143. The Balaban J connectivity index is 1.72. The summed E-state index contributed by atoms with van der Waals surface area (Å²) in [5, 5.41) is 8.21. The molecule has 0 aliphatic rings. The van der Waals surface area contributed by atoms with E-state index < -0.39 is 0 Å². The Bertz CT molecular complexity index is 914. The summed E-state index contributed by atoms with van der Waals surface area (Å²) in [5.41, 5.74) is 4.11. The molecule has 0 fully saturated rings. The number of rotatable bonds is 6.